The van der Waals surface area contributed by atoms with Gasteiger partial charge in [-0.2, -0.15) is 0 Å². The summed E-state index contributed by atoms with van der Waals surface area (Å²) in [6, 6.07) is 8.22. The van der Waals surface area contributed by atoms with Gasteiger partial charge in [0.25, 0.3) is 0 Å². The second-order valence-corrected chi connectivity index (χ2v) is 7.23. The molecule has 23 heavy (non-hydrogen) atoms. The Morgan fingerprint density at radius 3 is 2.30 bits per heavy atom. The monoisotopic (exact) mass is 338 g/mol. The van der Waals surface area contributed by atoms with E-state index in [1.165, 1.54) is 17.3 Å². The molecule has 0 atom stereocenters. The minimum absolute atomic E-state index is 0.00787. The Kier molecular flexibility index (Phi) is 8.12. The number of hydrogen-bond acceptors (Lipinski definition) is 4. The molecule has 0 heterocycles. The summed E-state index contributed by atoms with van der Waals surface area (Å²) in [5.74, 6) is -0.0769. The number of amides is 2. The van der Waals surface area contributed by atoms with Gasteiger partial charge in [-0.1, -0.05) is 32.9 Å². The van der Waals surface area contributed by atoms with E-state index in [0.717, 1.165) is 4.90 Å². The fourth-order valence-corrected chi connectivity index (χ4v) is 2.51. The third kappa shape index (κ3) is 8.04. The number of rotatable bonds is 8. The van der Waals surface area contributed by atoms with Crippen LogP contribution < -0.4 is 10.6 Å². The molecule has 1 aromatic rings. The van der Waals surface area contributed by atoms with Crippen molar-refractivity contribution >= 4 is 23.6 Å². The molecule has 0 bridgehead atoms. The van der Waals surface area contributed by atoms with Crippen LogP contribution in [0.1, 0.15) is 26.3 Å². The van der Waals surface area contributed by atoms with E-state index < -0.39 is 0 Å². The molecular formula is C17H26N2O3S. The summed E-state index contributed by atoms with van der Waals surface area (Å²) in [6.45, 7) is 7.40. The number of carbonyl (C=O) groups excluding carboxylic acids is 2. The lowest BCUT2D eigenvalue weighted by Crippen LogP contribution is -2.38. The highest BCUT2D eigenvalue weighted by Crippen LogP contribution is 2.25. The predicted molar refractivity (Wildman–Crippen MR) is 93.8 cm³/mol. The highest BCUT2D eigenvalue weighted by Gasteiger charge is 2.13. The van der Waals surface area contributed by atoms with Crippen molar-refractivity contribution in [3.63, 3.8) is 0 Å². The molecule has 0 radical (unpaired) electrons. The Labute approximate surface area is 142 Å². The molecule has 0 saturated carbocycles. The highest BCUT2D eigenvalue weighted by atomic mass is 32.2. The molecule has 1 aromatic carbocycles. The van der Waals surface area contributed by atoms with E-state index >= 15 is 0 Å². The summed E-state index contributed by atoms with van der Waals surface area (Å²) in [4.78, 5) is 24.2. The summed E-state index contributed by atoms with van der Waals surface area (Å²) < 4.78 is 4.83. The Hall–Kier alpha value is -1.53. The van der Waals surface area contributed by atoms with E-state index in [4.69, 9.17) is 4.74 Å². The zero-order chi connectivity index (χ0) is 17.3. The third-order valence-corrected chi connectivity index (χ3v) is 4.18. The van der Waals surface area contributed by atoms with E-state index in [-0.39, 0.29) is 23.8 Å². The topological polar surface area (TPSA) is 67.4 Å². The number of benzene rings is 1. The van der Waals surface area contributed by atoms with Crippen LogP contribution in [0.2, 0.25) is 0 Å². The van der Waals surface area contributed by atoms with E-state index in [1.807, 2.05) is 12.1 Å². The molecule has 2 N–H and O–H groups in total. The predicted octanol–water partition coefficient (Wildman–Crippen LogP) is 1.96. The molecule has 6 heteroatoms. The summed E-state index contributed by atoms with van der Waals surface area (Å²) >= 11 is 1.46. The van der Waals surface area contributed by atoms with Crippen LogP contribution in [-0.2, 0) is 19.7 Å². The fourth-order valence-electron chi connectivity index (χ4n) is 1.78. The summed E-state index contributed by atoms with van der Waals surface area (Å²) in [5.41, 5.74) is 1.38. The molecule has 1 rings (SSSR count). The Bertz CT molecular complexity index is 510. The van der Waals surface area contributed by atoms with Crippen molar-refractivity contribution in [2.24, 2.45) is 0 Å². The van der Waals surface area contributed by atoms with Crippen molar-refractivity contribution in [1.29, 1.82) is 0 Å². The SMILES string of the molecule is COCCNC(=O)CNC(=O)CSc1ccc(C(C)(C)C)cc1. The number of ether oxygens (including phenoxy) is 1. The van der Waals surface area contributed by atoms with Crippen LogP contribution in [0.25, 0.3) is 0 Å². The van der Waals surface area contributed by atoms with Crippen LogP contribution in [0.5, 0.6) is 0 Å². The van der Waals surface area contributed by atoms with E-state index in [2.05, 4.69) is 43.5 Å². The lowest BCUT2D eigenvalue weighted by atomic mass is 9.87. The number of thioether (sulfide) groups is 1. The van der Waals surface area contributed by atoms with Gasteiger partial charge in [-0.15, -0.1) is 11.8 Å². The maximum absolute atomic E-state index is 11.7. The lowest BCUT2D eigenvalue weighted by molar-refractivity contribution is -0.124. The number of methoxy groups -OCH3 is 1. The van der Waals surface area contributed by atoms with Crippen molar-refractivity contribution < 1.29 is 14.3 Å². The zero-order valence-electron chi connectivity index (χ0n) is 14.3. The quantitative estimate of drug-likeness (QED) is 0.562. The summed E-state index contributed by atoms with van der Waals surface area (Å²) in [7, 11) is 1.57. The second-order valence-electron chi connectivity index (χ2n) is 6.18. The molecule has 128 valence electrons. The van der Waals surface area contributed by atoms with E-state index in [9.17, 15) is 9.59 Å². The van der Waals surface area contributed by atoms with Crippen molar-refractivity contribution in [1.82, 2.24) is 10.6 Å². The minimum atomic E-state index is -0.213. The van der Waals surface area contributed by atoms with Crippen molar-refractivity contribution in [2.45, 2.75) is 31.1 Å². The van der Waals surface area contributed by atoms with Crippen LogP contribution >= 0.6 is 11.8 Å². The first-order valence-electron chi connectivity index (χ1n) is 7.58. The first-order valence-corrected chi connectivity index (χ1v) is 8.57. The Morgan fingerprint density at radius 1 is 1.09 bits per heavy atom. The largest absolute Gasteiger partial charge is 0.383 e. The van der Waals surface area contributed by atoms with Gasteiger partial charge in [-0.3, -0.25) is 9.59 Å². The zero-order valence-corrected chi connectivity index (χ0v) is 15.1. The summed E-state index contributed by atoms with van der Waals surface area (Å²) in [5, 5.41) is 5.25. The van der Waals surface area contributed by atoms with Crippen molar-refractivity contribution in [3.8, 4) is 0 Å². The van der Waals surface area contributed by atoms with Crippen LogP contribution in [0, 0.1) is 0 Å². The van der Waals surface area contributed by atoms with Gasteiger partial charge in [0.05, 0.1) is 18.9 Å². The minimum Gasteiger partial charge on any atom is -0.383 e. The number of hydrogen-bond donors (Lipinski definition) is 2. The maximum atomic E-state index is 11.7. The van der Waals surface area contributed by atoms with Crippen LogP contribution in [-0.4, -0.2) is 44.4 Å². The van der Waals surface area contributed by atoms with Gasteiger partial charge in [-0.25, -0.2) is 0 Å². The third-order valence-electron chi connectivity index (χ3n) is 3.16. The van der Waals surface area contributed by atoms with Gasteiger partial charge in [0.1, 0.15) is 0 Å². The highest BCUT2D eigenvalue weighted by molar-refractivity contribution is 8.00. The van der Waals surface area contributed by atoms with Crippen molar-refractivity contribution in [3.05, 3.63) is 29.8 Å². The average Bonchev–Trinajstić information content (AvgIpc) is 2.50. The second kappa shape index (κ2) is 9.57. The molecular weight excluding hydrogens is 312 g/mol. The molecule has 0 aliphatic rings. The van der Waals surface area contributed by atoms with Gasteiger partial charge in [0.2, 0.25) is 11.8 Å². The normalized spacial score (nSPS) is 11.1. The van der Waals surface area contributed by atoms with Gasteiger partial charge < -0.3 is 15.4 Å². The summed E-state index contributed by atoms with van der Waals surface area (Å²) in [6.07, 6.45) is 0. The Balaban J connectivity index is 2.29. The van der Waals surface area contributed by atoms with E-state index in [0.29, 0.717) is 18.9 Å². The molecule has 0 unspecified atom stereocenters. The molecule has 0 aromatic heterocycles. The molecule has 0 fully saturated rings. The number of nitrogens with one attached hydrogen (secondary N) is 2. The standard InChI is InChI=1S/C17H26N2O3S/c1-17(2,3)13-5-7-14(8-6-13)23-12-16(21)19-11-15(20)18-9-10-22-4/h5-8H,9-12H2,1-4H3,(H,18,20)(H,19,21). The lowest BCUT2D eigenvalue weighted by Gasteiger charge is -2.19. The fraction of sp³-hybridized carbons (Fsp3) is 0.529. The maximum Gasteiger partial charge on any atom is 0.239 e. The van der Waals surface area contributed by atoms with Gasteiger partial charge in [-0.05, 0) is 23.1 Å². The molecule has 0 spiro atoms. The van der Waals surface area contributed by atoms with Crippen LogP contribution in [0.3, 0.4) is 0 Å². The average molecular weight is 338 g/mol. The molecule has 5 nitrogen and oxygen atoms in total. The smallest absolute Gasteiger partial charge is 0.239 e. The van der Waals surface area contributed by atoms with Crippen LogP contribution in [0.4, 0.5) is 0 Å². The van der Waals surface area contributed by atoms with Crippen molar-refractivity contribution in [2.75, 3.05) is 32.6 Å². The van der Waals surface area contributed by atoms with Crippen LogP contribution in [0.15, 0.2) is 29.2 Å². The number of carbonyl (C=O) groups is 2. The van der Waals surface area contributed by atoms with E-state index in [1.54, 1.807) is 7.11 Å². The van der Waals surface area contributed by atoms with Gasteiger partial charge >= 0.3 is 0 Å². The Morgan fingerprint density at radius 2 is 1.74 bits per heavy atom. The molecule has 2 amide bonds. The van der Waals surface area contributed by atoms with Gasteiger partial charge in [0, 0.05) is 18.6 Å². The molecule has 0 aliphatic carbocycles. The molecule has 0 aliphatic heterocycles. The molecule has 0 saturated heterocycles. The first-order chi connectivity index (χ1) is 10.8. The van der Waals surface area contributed by atoms with Gasteiger partial charge in [0.15, 0.2) is 0 Å². The first kappa shape index (κ1) is 19.5.